The van der Waals surface area contributed by atoms with Crippen LogP contribution in [0.2, 0.25) is 0 Å². The fraction of sp³-hybridized carbons (Fsp3) is 0.520. The lowest BCUT2D eigenvalue weighted by Gasteiger charge is -2.34. The van der Waals surface area contributed by atoms with Crippen LogP contribution in [0.15, 0.2) is 53.7 Å². The average Bonchev–Trinajstić information content (AvgIpc) is 2.83. The number of benzene rings is 1. The molecule has 2 N–H and O–H groups in total. The molecule has 3 heterocycles. The minimum atomic E-state index is 0.243. The van der Waals surface area contributed by atoms with Crippen LogP contribution >= 0.6 is 0 Å². The zero-order valence-electron chi connectivity index (χ0n) is 19.3. The minimum Gasteiger partial charge on any atom is -0.375 e. The molecule has 172 valence electrons. The Balaban J connectivity index is 1.28. The van der Waals surface area contributed by atoms with E-state index >= 15 is 0 Å². The van der Waals surface area contributed by atoms with Crippen LogP contribution in [0.4, 0.5) is 5.82 Å². The first-order valence-electron chi connectivity index (χ1n) is 11.7. The smallest absolute Gasteiger partial charge is 0.191 e. The van der Waals surface area contributed by atoms with Gasteiger partial charge in [-0.1, -0.05) is 30.3 Å². The lowest BCUT2D eigenvalue weighted by atomic mass is 10.0. The fourth-order valence-electron chi connectivity index (χ4n) is 4.50. The zero-order chi connectivity index (χ0) is 22.2. The van der Waals surface area contributed by atoms with Gasteiger partial charge in [0, 0.05) is 52.0 Å². The van der Waals surface area contributed by atoms with Gasteiger partial charge in [-0.25, -0.2) is 4.98 Å². The van der Waals surface area contributed by atoms with Crippen molar-refractivity contribution in [3.8, 4) is 0 Å². The second-order valence-electron chi connectivity index (χ2n) is 8.78. The quantitative estimate of drug-likeness (QED) is 0.536. The Morgan fingerprint density at radius 3 is 2.84 bits per heavy atom. The van der Waals surface area contributed by atoms with E-state index in [1.54, 1.807) is 0 Å². The number of nitrogens with one attached hydrogen (secondary N) is 2. The first-order chi connectivity index (χ1) is 15.7. The van der Waals surface area contributed by atoms with Gasteiger partial charge in [-0.3, -0.25) is 9.89 Å². The summed E-state index contributed by atoms with van der Waals surface area (Å²) in [6.45, 7) is 8.54. The lowest BCUT2D eigenvalue weighted by molar-refractivity contribution is 0.0529. The first kappa shape index (κ1) is 22.6. The molecule has 2 aliphatic heterocycles. The van der Waals surface area contributed by atoms with Crippen LogP contribution in [0.3, 0.4) is 0 Å². The number of rotatable bonds is 6. The summed E-state index contributed by atoms with van der Waals surface area (Å²) >= 11 is 0. The van der Waals surface area contributed by atoms with Crippen molar-refractivity contribution >= 4 is 11.8 Å². The maximum atomic E-state index is 5.66. The van der Waals surface area contributed by atoms with Crippen LogP contribution in [0.5, 0.6) is 0 Å². The Bertz CT molecular complexity index is 874. The van der Waals surface area contributed by atoms with E-state index < -0.39 is 0 Å². The molecule has 7 heteroatoms. The summed E-state index contributed by atoms with van der Waals surface area (Å²) < 4.78 is 5.66. The molecule has 0 amide bonds. The molecule has 1 aromatic carbocycles. The predicted molar refractivity (Wildman–Crippen MR) is 130 cm³/mol. The van der Waals surface area contributed by atoms with E-state index in [-0.39, 0.29) is 6.10 Å². The van der Waals surface area contributed by atoms with Gasteiger partial charge in [0.1, 0.15) is 5.82 Å². The number of aliphatic imine (C=N–C) groups is 1. The second kappa shape index (κ2) is 11.3. The number of aromatic nitrogens is 1. The van der Waals surface area contributed by atoms with Crippen LogP contribution < -0.4 is 15.5 Å². The summed E-state index contributed by atoms with van der Waals surface area (Å²) in [6, 6.07) is 15.4. The Morgan fingerprint density at radius 2 is 2.03 bits per heavy atom. The van der Waals surface area contributed by atoms with Gasteiger partial charge in [0.15, 0.2) is 5.96 Å². The molecule has 7 nitrogen and oxygen atoms in total. The van der Waals surface area contributed by atoms with Crippen molar-refractivity contribution in [3.05, 3.63) is 59.8 Å². The maximum absolute atomic E-state index is 5.66. The van der Waals surface area contributed by atoms with Crippen molar-refractivity contribution in [2.24, 2.45) is 4.99 Å². The highest BCUT2D eigenvalue weighted by Crippen LogP contribution is 2.17. The molecule has 0 radical (unpaired) electrons. The standard InChI is InChI=1S/C25H36N6O/c1-20-17-31(13-14-32-20)24-15-22(10-11-27-24)16-28-25(26-2)29-23-9-6-12-30(19-23)18-21-7-4-3-5-8-21/h3-5,7-8,10-11,15,20,23H,6,9,12-14,16-19H2,1-2H3,(H2,26,28,29). The highest BCUT2D eigenvalue weighted by Gasteiger charge is 2.21. The highest BCUT2D eigenvalue weighted by atomic mass is 16.5. The van der Waals surface area contributed by atoms with Gasteiger partial charge in [-0.05, 0) is 49.6 Å². The number of piperidine rings is 1. The molecule has 0 spiro atoms. The number of anilines is 1. The molecule has 32 heavy (non-hydrogen) atoms. The van der Waals surface area contributed by atoms with Crippen molar-refractivity contribution in [3.63, 3.8) is 0 Å². The molecule has 2 aliphatic rings. The van der Waals surface area contributed by atoms with Crippen molar-refractivity contribution < 1.29 is 4.74 Å². The maximum Gasteiger partial charge on any atom is 0.191 e. The zero-order valence-corrected chi connectivity index (χ0v) is 19.3. The molecule has 0 aliphatic carbocycles. The van der Waals surface area contributed by atoms with Gasteiger partial charge in [0.2, 0.25) is 0 Å². The SMILES string of the molecule is CN=C(NCc1ccnc(N2CCOC(C)C2)c1)NC1CCCN(Cc2ccccc2)C1. The van der Waals surface area contributed by atoms with Crippen LogP contribution in [0.1, 0.15) is 30.9 Å². The number of hydrogen-bond acceptors (Lipinski definition) is 5. The summed E-state index contributed by atoms with van der Waals surface area (Å²) in [5.74, 6) is 1.88. The normalized spacial score (nSPS) is 22.6. The number of hydrogen-bond donors (Lipinski definition) is 2. The first-order valence-corrected chi connectivity index (χ1v) is 11.7. The number of guanidine groups is 1. The Labute approximate surface area is 191 Å². The molecule has 2 atom stereocenters. The average molecular weight is 437 g/mol. The summed E-state index contributed by atoms with van der Waals surface area (Å²) in [5, 5.41) is 7.12. The fourth-order valence-corrected chi connectivity index (χ4v) is 4.50. The third kappa shape index (κ3) is 6.43. The van der Waals surface area contributed by atoms with Gasteiger partial charge in [0.05, 0.1) is 12.7 Å². The number of morpholine rings is 1. The van der Waals surface area contributed by atoms with Crippen LogP contribution in [0, 0.1) is 0 Å². The lowest BCUT2D eigenvalue weighted by Crippen LogP contribution is -2.50. The van der Waals surface area contributed by atoms with Crippen LogP contribution in [-0.2, 0) is 17.8 Å². The van der Waals surface area contributed by atoms with E-state index in [2.05, 4.69) is 79.8 Å². The third-order valence-corrected chi connectivity index (χ3v) is 6.15. The number of ether oxygens (including phenoxy) is 1. The highest BCUT2D eigenvalue weighted by molar-refractivity contribution is 5.80. The van der Waals surface area contributed by atoms with Gasteiger partial charge < -0.3 is 20.3 Å². The molecule has 0 bridgehead atoms. The predicted octanol–water partition coefficient (Wildman–Crippen LogP) is 2.64. The van der Waals surface area contributed by atoms with E-state index in [1.807, 2.05) is 13.2 Å². The van der Waals surface area contributed by atoms with Crippen LogP contribution in [-0.4, -0.2) is 67.8 Å². The number of nitrogens with zero attached hydrogens (tertiary/aromatic N) is 4. The van der Waals surface area contributed by atoms with E-state index in [4.69, 9.17) is 4.74 Å². The largest absolute Gasteiger partial charge is 0.375 e. The summed E-state index contributed by atoms with van der Waals surface area (Å²) in [4.78, 5) is 13.9. The molecular weight excluding hydrogens is 400 g/mol. The van der Waals surface area contributed by atoms with Crippen LogP contribution in [0.25, 0.3) is 0 Å². The van der Waals surface area contributed by atoms with Crippen molar-refractivity contribution in [1.29, 1.82) is 0 Å². The molecule has 2 aromatic rings. The summed E-state index contributed by atoms with van der Waals surface area (Å²) in [5.41, 5.74) is 2.57. The van der Waals surface area contributed by atoms with Gasteiger partial charge in [-0.2, -0.15) is 0 Å². The van der Waals surface area contributed by atoms with E-state index in [0.717, 1.165) is 57.7 Å². The molecule has 2 unspecified atom stereocenters. The third-order valence-electron chi connectivity index (χ3n) is 6.15. The van der Waals surface area contributed by atoms with Crippen molar-refractivity contribution in [2.75, 3.05) is 44.7 Å². The molecule has 2 saturated heterocycles. The minimum absolute atomic E-state index is 0.243. The molecule has 4 rings (SSSR count). The molecule has 1 aromatic heterocycles. The Morgan fingerprint density at radius 1 is 1.16 bits per heavy atom. The molecule has 2 fully saturated rings. The van der Waals surface area contributed by atoms with Gasteiger partial charge in [-0.15, -0.1) is 0 Å². The summed E-state index contributed by atoms with van der Waals surface area (Å²) in [6.07, 6.45) is 4.51. The van der Waals surface area contributed by atoms with Crippen molar-refractivity contribution in [2.45, 2.75) is 45.0 Å². The monoisotopic (exact) mass is 436 g/mol. The second-order valence-corrected chi connectivity index (χ2v) is 8.78. The summed E-state index contributed by atoms with van der Waals surface area (Å²) in [7, 11) is 1.84. The van der Waals surface area contributed by atoms with E-state index in [1.165, 1.54) is 24.0 Å². The topological polar surface area (TPSA) is 65.0 Å². The van der Waals surface area contributed by atoms with Crippen molar-refractivity contribution in [1.82, 2.24) is 20.5 Å². The Hall–Kier alpha value is -2.64. The number of pyridine rings is 1. The van der Waals surface area contributed by atoms with Gasteiger partial charge >= 0.3 is 0 Å². The van der Waals surface area contributed by atoms with E-state index in [0.29, 0.717) is 6.04 Å². The number of likely N-dealkylation sites (tertiary alicyclic amines) is 1. The molecular formula is C25H36N6O. The van der Waals surface area contributed by atoms with Gasteiger partial charge in [0.25, 0.3) is 0 Å². The Kier molecular flexibility index (Phi) is 7.96. The molecule has 0 saturated carbocycles. The van der Waals surface area contributed by atoms with E-state index in [9.17, 15) is 0 Å².